The van der Waals surface area contributed by atoms with E-state index in [2.05, 4.69) is 38.2 Å². The first-order chi connectivity index (χ1) is 12.1. The summed E-state index contributed by atoms with van der Waals surface area (Å²) < 4.78 is 0.875. The molecule has 1 heterocycles. The smallest absolute Gasteiger partial charge is 0.256 e. The van der Waals surface area contributed by atoms with Crippen molar-refractivity contribution in [3.63, 3.8) is 0 Å². The van der Waals surface area contributed by atoms with E-state index in [1.54, 1.807) is 54.9 Å². The first kappa shape index (κ1) is 17.1. The minimum atomic E-state index is -0.233. The Bertz CT molecular complexity index is 913. The molecule has 0 radical (unpaired) electrons. The molecule has 0 saturated carbocycles. The number of halogens is 1. The summed E-state index contributed by atoms with van der Waals surface area (Å²) in [6.45, 7) is 0. The van der Waals surface area contributed by atoms with Gasteiger partial charge in [-0.15, -0.1) is 0 Å². The Morgan fingerprint density at radius 1 is 0.800 bits per heavy atom. The highest BCUT2D eigenvalue weighted by Gasteiger charge is 2.10. The van der Waals surface area contributed by atoms with E-state index in [0.29, 0.717) is 22.5 Å². The van der Waals surface area contributed by atoms with Gasteiger partial charge >= 0.3 is 0 Å². The molecule has 2 N–H and O–H groups in total. The van der Waals surface area contributed by atoms with Crippen LogP contribution in [0.4, 0.5) is 11.4 Å². The van der Waals surface area contributed by atoms with E-state index in [0.717, 1.165) is 3.57 Å². The molecule has 0 saturated heterocycles. The number of amides is 2. The van der Waals surface area contributed by atoms with Gasteiger partial charge in [-0.1, -0.05) is 18.2 Å². The lowest BCUT2D eigenvalue weighted by Crippen LogP contribution is -2.14. The maximum atomic E-state index is 12.4. The van der Waals surface area contributed by atoms with Gasteiger partial charge in [0.2, 0.25) is 0 Å². The Balaban J connectivity index is 1.72. The van der Waals surface area contributed by atoms with Gasteiger partial charge in [0, 0.05) is 32.9 Å². The van der Waals surface area contributed by atoms with E-state index in [1.807, 2.05) is 18.2 Å². The first-order valence-electron chi connectivity index (χ1n) is 7.51. The van der Waals surface area contributed by atoms with E-state index in [-0.39, 0.29) is 11.8 Å². The first-order valence-corrected chi connectivity index (χ1v) is 8.59. The van der Waals surface area contributed by atoms with Crippen LogP contribution in [0.5, 0.6) is 0 Å². The van der Waals surface area contributed by atoms with Crippen molar-refractivity contribution >= 4 is 45.8 Å². The van der Waals surface area contributed by atoms with Gasteiger partial charge in [0.25, 0.3) is 11.8 Å². The average molecular weight is 443 g/mol. The minimum absolute atomic E-state index is 0.192. The quantitative estimate of drug-likeness (QED) is 0.595. The Labute approximate surface area is 158 Å². The second-order valence-electron chi connectivity index (χ2n) is 5.20. The zero-order valence-corrected chi connectivity index (χ0v) is 15.2. The number of pyridine rings is 1. The number of aromatic nitrogens is 1. The fourth-order valence-electron chi connectivity index (χ4n) is 2.23. The van der Waals surface area contributed by atoms with Crippen molar-refractivity contribution < 1.29 is 9.59 Å². The lowest BCUT2D eigenvalue weighted by Gasteiger charge is -2.09. The molecule has 0 spiro atoms. The van der Waals surface area contributed by atoms with Crippen LogP contribution in [0.1, 0.15) is 20.7 Å². The van der Waals surface area contributed by atoms with Crippen LogP contribution in [0.15, 0.2) is 73.1 Å². The van der Waals surface area contributed by atoms with Crippen molar-refractivity contribution in [2.24, 2.45) is 0 Å². The van der Waals surface area contributed by atoms with Gasteiger partial charge < -0.3 is 10.6 Å². The van der Waals surface area contributed by atoms with Gasteiger partial charge in [-0.25, -0.2) is 0 Å². The lowest BCUT2D eigenvalue weighted by molar-refractivity contribution is 0.101. The van der Waals surface area contributed by atoms with Gasteiger partial charge in [-0.05, 0) is 65.1 Å². The average Bonchev–Trinajstić information content (AvgIpc) is 2.63. The van der Waals surface area contributed by atoms with Crippen molar-refractivity contribution in [3.05, 3.63) is 87.8 Å². The molecule has 0 aliphatic heterocycles. The molecule has 5 nitrogen and oxygen atoms in total. The van der Waals surface area contributed by atoms with Crippen molar-refractivity contribution in [3.8, 4) is 0 Å². The van der Waals surface area contributed by atoms with Crippen LogP contribution in [0.2, 0.25) is 0 Å². The fraction of sp³-hybridized carbons (Fsp3) is 0. The fourth-order valence-corrected chi connectivity index (χ4v) is 2.86. The molecule has 2 aromatic carbocycles. The van der Waals surface area contributed by atoms with E-state index < -0.39 is 0 Å². The van der Waals surface area contributed by atoms with E-state index in [9.17, 15) is 9.59 Å². The molecule has 6 heteroatoms. The molecule has 124 valence electrons. The SMILES string of the molecule is O=C(Nc1cccc(NC(=O)c2ccccc2I)c1)c1ccncc1. The maximum absolute atomic E-state index is 12.4. The topological polar surface area (TPSA) is 71.1 Å². The summed E-state index contributed by atoms with van der Waals surface area (Å²) in [7, 11) is 0. The van der Waals surface area contributed by atoms with Crippen LogP contribution in [0.25, 0.3) is 0 Å². The van der Waals surface area contributed by atoms with Crippen LogP contribution < -0.4 is 10.6 Å². The Kier molecular flexibility index (Phi) is 5.39. The highest BCUT2D eigenvalue weighted by Crippen LogP contribution is 2.18. The van der Waals surface area contributed by atoms with Crippen LogP contribution in [-0.2, 0) is 0 Å². The summed E-state index contributed by atoms with van der Waals surface area (Å²) in [5, 5.41) is 5.65. The molecule has 0 aliphatic carbocycles. The molecule has 2 amide bonds. The summed E-state index contributed by atoms with van der Waals surface area (Å²) in [5.74, 6) is -0.425. The number of rotatable bonds is 4. The van der Waals surface area contributed by atoms with Crippen molar-refractivity contribution in [2.75, 3.05) is 10.6 Å². The van der Waals surface area contributed by atoms with Gasteiger partial charge in [0.1, 0.15) is 0 Å². The van der Waals surface area contributed by atoms with Gasteiger partial charge in [-0.2, -0.15) is 0 Å². The standard InChI is InChI=1S/C19H14IN3O2/c20-17-7-2-1-6-16(17)19(25)23-15-5-3-4-14(12-15)22-18(24)13-8-10-21-11-9-13/h1-12H,(H,22,24)(H,23,25). The zero-order valence-electron chi connectivity index (χ0n) is 13.1. The van der Waals surface area contributed by atoms with Crippen LogP contribution in [-0.4, -0.2) is 16.8 Å². The van der Waals surface area contributed by atoms with E-state index in [1.165, 1.54) is 0 Å². The number of benzene rings is 2. The van der Waals surface area contributed by atoms with Crippen molar-refractivity contribution in [1.29, 1.82) is 0 Å². The van der Waals surface area contributed by atoms with Crippen LogP contribution >= 0.6 is 22.6 Å². The zero-order chi connectivity index (χ0) is 17.6. The lowest BCUT2D eigenvalue weighted by atomic mass is 10.2. The Hall–Kier alpha value is -2.74. The highest BCUT2D eigenvalue weighted by atomic mass is 127. The molecule has 3 aromatic rings. The van der Waals surface area contributed by atoms with Gasteiger partial charge in [-0.3, -0.25) is 14.6 Å². The number of anilines is 2. The predicted molar refractivity (Wildman–Crippen MR) is 106 cm³/mol. The molecule has 3 rings (SSSR count). The second kappa shape index (κ2) is 7.89. The number of nitrogens with zero attached hydrogens (tertiary/aromatic N) is 1. The number of hydrogen-bond acceptors (Lipinski definition) is 3. The van der Waals surface area contributed by atoms with Gasteiger partial charge in [0.05, 0.1) is 5.56 Å². The van der Waals surface area contributed by atoms with Crippen LogP contribution in [0, 0.1) is 3.57 Å². The number of carbonyl (C=O) groups is 2. The normalized spacial score (nSPS) is 10.1. The molecular weight excluding hydrogens is 429 g/mol. The monoisotopic (exact) mass is 443 g/mol. The van der Waals surface area contributed by atoms with Crippen molar-refractivity contribution in [1.82, 2.24) is 4.98 Å². The Morgan fingerprint density at radius 3 is 2.12 bits per heavy atom. The second-order valence-corrected chi connectivity index (χ2v) is 6.37. The summed E-state index contributed by atoms with van der Waals surface area (Å²) >= 11 is 2.12. The predicted octanol–water partition coefficient (Wildman–Crippen LogP) is 4.19. The molecule has 0 fully saturated rings. The maximum Gasteiger partial charge on any atom is 0.256 e. The third-order valence-electron chi connectivity index (χ3n) is 3.44. The van der Waals surface area contributed by atoms with E-state index >= 15 is 0 Å². The Morgan fingerprint density at radius 2 is 1.44 bits per heavy atom. The molecule has 0 atom stereocenters. The molecule has 1 aromatic heterocycles. The summed E-state index contributed by atoms with van der Waals surface area (Å²) in [4.78, 5) is 28.5. The summed E-state index contributed by atoms with van der Waals surface area (Å²) in [6, 6.07) is 17.7. The third-order valence-corrected chi connectivity index (χ3v) is 4.38. The largest absolute Gasteiger partial charge is 0.322 e. The van der Waals surface area contributed by atoms with Crippen molar-refractivity contribution in [2.45, 2.75) is 0 Å². The third kappa shape index (κ3) is 4.42. The molecular formula is C19H14IN3O2. The van der Waals surface area contributed by atoms with Crippen LogP contribution in [0.3, 0.4) is 0 Å². The number of nitrogens with one attached hydrogen (secondary N) is 2. The summed E-state index contributed by atoms with van der Waals surface area (Å²) in [6.07, 6.45) is 3.13. The molecule has 0 unspecified atom stereocenters. The van der Waals surface area contributed by atoms with Gasteiger partial charge in [0.15, 0.2) is 0 Å². The molecule has 25 heavy (non-hydrogen) atoms. The molecule has 0 bridgehead atoms. The number of carbonyl (C=O) groups excluding carboxylic acids is 2. The number of hydrogen-bond donors (Lipinski definition) is 2. The molecule has 0 aliphatic rings. The highest BCUT2D eigenvalue weighted by molar-refractivity contribution is 14.1. The van der Waals surface area contributed by atoms with E-state index in [4.69, 9.17) is 0 Å². The summed E-state index contributed by atoms with van der Waals surface area (Å²) in [5.41, 5.74) is 2.33. The minimum Gasteiger partial charge on any atom is -0.322 e.